The third-order valence-corrected chi connectivity index (χ3v) is 5.24. The Labute approximate surface area is 174 Å². The summed E-state index contributed by atoms with van der Waals surface area (Å²) in [6.07, 6.45) is 0.00345. The molecule has 0 radical (unpaired) electrons. The molecule has 0 amide bonds. The molecule has 0 aliphatic heterocycles. The van der Waals surface area contributed by atoms with Gasteiger partial charge in [-0.2, -0.15) is 4.72 Å². The molecule has 9 nitrogen and oxygen atoms in total. The smallest absolute Gasteiger partial charge is 0.321 e. The zero-order valence-corrected chi connectivity index (χ0v) is 17.6. The predicted molar refractivity (Wildman–Crippen MR) is 109 cm³/mol. The maximum absolute atomic E-state index is 12.3. The highest BCUT2D eigenvalue weighted by molar-refractivity contribution is 7.89. The zero-order chi connectivity index (χ0) is 22.5. The van der Waals surface area contributed by atoms with E-state index in [2.05, 4.69) is 4.72 Å². The molecule has 0 bridgehead atoms. The lowest BCUT2D eigenvalue weighted by Crippen LogP contribution is -2.34. The van der Waals surface area contributed by atoms with Crippen LogP contribution in [-0.4, -0.2) is 37.2 Å². The zero-order valence-electron chi connectivity index (χ0n) is 16.7. The molecule has 0 spiro atoms. The van der Waals surface area contributed by atoms with Gasteiger partial charge in [-0.05, 0) is 50.6 Å². The van der Waals surface area contributed by atoms with Crippen LogP contribution in [0.25, 0.3) is 0 Å². The van der Waals surface area contributed by atoms with Gasteiger partial charge in [0.05, 0.1) is 9.82 Å². The Balaban J connectivity index is 2.00. The van der Waals surface area contributed by atoms with Crippen LogP contribution in [0.1, 0.15) is 36.7 Å². The Morgan fingerprint density at radius 3 is 2.10 bits per heavy atom. The average molecular weight is 434 g/mol. The molecule has 0 aromatic heterocycles. The molecule has 2 aromatic rings. The Bertz CT molecular complexity index is 1040. The van der Waals surface area contributed by atoms with E-state index in [1.807, 2.05) is 0 Å². The number of ketones is 1. The molecule has 30 heavy (non-hydrogen) atoms. The number of carbonyl (C=O) groups excluding carboxylic acids is 2. The molecule has 0 aliphatic rings. The van der Waals surface area contributed by atoms with Crippen LogP contribution in [0.2, 0.25) is 0 Å². The second-order valence-electron chi connectivity index (χ2n) is 7.46. The van der Waals surface area contributed by atoms with E-state index < -0.39 is 33.1 Å². The monoisotopic (exact) mass is 434 g/mol. The molecule has 2 rings (SSSR count). The van der Waals surface area contributed by atoms with E-state index in [0.29, 0.717) is 11.1 Å². The highest BCUT2D eigenvalue weighted by Gasteiger charge is 2.20. The van der Waals surface area contributed by atoms with Gasteiger partial charge in [0, 0.05) is 24.1 Å². The Kier molecular flexibility index (Phi) is 7.06. The lowest BCUT2D eigenvalue weighted by Gasteiger charge is -2.19. The number of hydrogen-bond donors (Lipinski definition) is 1. The number of rotatable bonds is 8. The highest BCUT2D eigenvalue weighted by Crippen LogP contribution is 2.16. The number of Topliss-reactive ketones (excluding diaryl/α,β-unsaturated/α-hetero) is 1. The van der Waals surface area contributed by atoms with Crippen molar-refractivity contribution in [2.24, 2.45) is 0 Å². The van der Waals surface area contributed by atoms with Crippen LogP contribution in [0.5, 0.6) is 0 Å². The van der Waals surface area contributed by atoms with Crippen LogP contribution in [-0.2, 0) is 26.0 Å². The van der Waals surface area contributed by atoms with Gasteiger partial charge in [0.25, 0.3) is 5.69 Å². The Hall–Kier alpha value is -3.11. The number of esters is 1. The van der Waals surface area contributed by atoms with Crippen LogP contribution in [0, 0.1) is 10.1 Å². The normalized spacial score (nSPS) is 11.7. The second-order valence-corrected chi connectivity index (χ2v) is 9.23. The number of non-ortho nitro benzene ring substituents is 1. The SMILES string of the molecule is CC(C)(C)OC(=O)CNS(=O)(=O)c1ccc(CC(=O)c2ccc([N+](=O)[O-])cc2)cc1. The molecule has 1 N–H and O–H groups in total. The minimum absolute atomic E-state index is 0.00345. The summed E-state index contributed by atoms with van der Waals surface area (Å²) >= 11 is 0. The van der Waals surface area contributed by atoms with Crippen molar-refractivity contribution in [3.05, 3.63) is 69.8 Å². The summed E-state index contributed by atoms with van der Waals surface area (Å²) in [5, 5.41) is 10.7. The predicted octanol–water partition coefficient (Wildman–Crippen LogP) is 2.64. The van der Waals surface area contributed by atoms with Crippen LogP contribution in [0.4, 0.5) is 5.69 Å². The van der Waals surface area contributed by atoms with Gasteiger partial charge in [-0.25, -0.2) is 8.42 Å². The maximum Gasteiger partial charge on any atom is 0.321 e. The summed E-state index contributed by atoms with van der Waals surface area (Å²) in [6.45, 7) is 4.53. The van der Waals surface area contributed by atoms with E-state index in [1.54, 1.807) is 20.8 Å². The van der Waals surface area contributed by atoms with E-state index in [4.69, 9.17) is 4.74 Å². The number of nitrogens with one attached hydrogen (secondary N) is 1. The van der Waals surface area contributed by atoms with E-state index in [0.717, 1.165) is 0 Å². The molecule has 2 aromatic carbocycles. The lowest BCUT2D eigenvalue weighted by atomic mass is 10.0. The van der Waals surface area contributed by atoms with Crippen LogP contribution < -0.4 is 4.72 Å². The molecular weight excluding hydrogens is 412 g/mol. The molecule has 160 valence electrons. The minimum Gasteiger partial charge on any atom is -0.459 e. The average Bonchev–Trinajstić information content (AvgIpc) is 2.65. The third kappa shape index (κ3) is 6.75. The number of nitro groups is 1. The van der Waals surface area contributed by atoms with Crippen LogP contribution >= 0.6 is 0 Å². The second kappa shape index (κ2) is 9.14. The minimum atomic E-state index is -3.92. The summed E-state index contributed by atoms with van der Waals surface area (Å²) in [6, 6.07) is 10.9. The first kappa shape index (κ1) is 23.2. The number of benzene rings is 2. The van der Waals surface area contributed by atoms with Gasteiger partial charge >= 0.3 is 5.97 Å². The lowest BCUT2D eigenvalue weighted by molar-refractivity contribution is -0.384. The summed E-state index contributed by atoms with van der Waals surface area (Å²) in [5.74, 6) is -0.958. The van der Waals surface area contributed by atoms with Gasteiger partial charge in [0.1, 0.15) is 12.1 Å². The quantitative estimate of drug-likeness (QED) is 0.292. The number of hydrogen-bond acceptors (Lipinski definition) is 7. The molecular formula is C20H22N2O7S. The standard InChI is InChI=1S/C20H22N2O7S/c1-20(2,3)29-19(24)13-21-30(27,28)17-10-4-14(5-11-17)12-18(23)15-6-8-16(9-7-15)22(25)26/h4-11,21H,12-13H2,1-3H3. The van der Waals surface area contributed by atoms with E-state index in [-0.39, 0.29) is 22.8 Å². The van der Waals surface area contributed by atoms with E-state index >= 15 is 0 Å². The number of ether oxygens (including phenoxy) is 1. The molecule has 0 fully saturated rings. The van der Waals surface area contributed by atoms with Gasteiger partial charge in [0.15, 0.2) is 5.78 Å². The summed E-state index contributed by atoms with van der Waals surface area (Å²) < 4.78 is 31.8. The fourth-order valence-electron chi connectivity index (χ4n) is 2.46. The van der Waals surface area contributed by atoms with Crippen LogP contribution in [0.15, 0.2) is 53.4 Å². The summed E-state index contributed by atoms with van der Waals surface area (Å²) in [4.78, 5) is 34.1. The van der Waals surface area contributed by atoms with Crippen molar-refractivity contribution < 1.29 is 27.7 Å². The van der Waals surface area contributed by atoms with Crippen molar-refractivity contribution in [1.82, 2.24) is 4.72 Å². The van der Waals surface area contributed by atoms with Gasteiger partial charge in [-0.3, -0.25) is 19.7 Å². The first-order valence-electron chi connectivity index (χ1n) is 8.95. The van der Waals surface area contributed by atoms with Gasteiger partial charge in [-0.1, -0.05) is 12.1 Å². The summed E-state index contributed by atoms with van der Waals surface area (Å²) in [7, 11) is -3.92. The Morgan fingerprint density at radius 1 is 1.03 bits per heavy atom. The molecule has 0 saturated heterocycles. The van der Waals surface area contributed by atoms with Gasteiger partial charge in [0.2, 0.25) is 10.0 Å². The van der Waals surface area contributed by atoms with Crippen LogP contribution in [0.3, 0.4) is 0 Å². The van der Waals surface area contributed by atoms with Crippen molar-refractivity contribution in [2.75, 3.05) is 6.54 Å². The highest BCUT2D eigenvalue weighted by atomic mass is 32.2. The molecule has 0 atom stereocenters. The molecule has 10 heteroatoms. The first-order valence-corrected chi connectivity index (χ1v) is 10.4. The molecule has 0 aliphatic carbocycles. The fourth-order valence-corrected chi connectivity index (χ4v) is 3.43. The van der Waals surface area contributed by atoms with Crippen molar-refractivity contribution in [1.29, 1.82) is 0 Å². The van der Waals surface area contributed by atoms with E-state index in [1.165, 1.54) is 48.5 Å². The molecule has 0 unspecified atom stereocenters. The fraction of sp³-hybridized carbons (Fsp3) is 0.300. The number of nitrogens with zero attached hydrogens (tertiary/aromatic N) is 1. The number of sulfonamides is 1. The van der Waals surface area contributed by atoms with Gasteiger partial charge < -0.3 is 4.74 Å². The summed E-state index contributed by atoms with van der Waals surface area (Å²) in [5.41, 5.74) is 0.0566. The van der Waals surface area contributed by atoms with Crippen molar-refractivity contribution in [3.63, 3.8) is 0 Å². The number of carbonyl (C=O) groups is 2. The topological polar surface area (TPSA) is 133 Å². The molecule has 0 saturated carbocycles. The largest absolute Gasteiger partial charge is 0.459 e. The van der Waals surface area contributed by atoms with Gasteiger partial charge in [-0.15, -0.1) is 0 Å². The van der Waals surface area contributed by atoms with Crippen molar-refractivity contribution in [3.8, 4) is 0 Å². The van der Waals surface area contributed by atoms with E-state index in [9.17, 15) is 28.1 Å². The van der Waals surface area contributed by atoms with Crippen molar-refractivity contribution >= 4 is 27.5 Å². The first-order chi connectivity index (χ1) is 13.9. The third-order valence-electron chi connectivity index (χ3n) is 3.82. The molecule has 0 heterocycles. The number of nitro benzene ring substituents is 1. The Morgan fingerprint density at radius 2 is 1.60 bits per heavy atom. The maximum atomic E-state index is 12.3. The van der Waals surface area contributed by atoms with Crippen molar-refractivity contribution in [2.45, 2.75) is 37.7 Å².